The average molecular weight is 293 g/mol. The van der Waals surface area contributed by atoms with E-state index in [1.807, 2.05) is 6.08 Å². The normalized spacial score (nSPS) is 35.7. The number of hydrogen-bond acceptors (Lipinski definition) is 3. The molecule has 0 heterocycles. The number of amides is 1. The Morgan fingerprint density at radius 1 is 1.38 bits per heavy atom. The molecule has 0 unspecified atom stereocenters. The summed E-state index contributed by atoms with van der Waals surface area (Å²) in [6.45, 7) is 6.45. The number of hydroxylamine groups is 2. The van der Waals surface area contributed by atoms with Gasteiger partial charge in [-0.25, -0.2) is 5.06 Å². The summed E-state index contributed by atoms with van der Waals surface area (Å²) in [6.07, 6.45) is 8.40. The Balaban J connectivity index is 2.06. The number of aliphatic hydroxyl groups excluding tert-OH is 1. The molecule has 118 valence electrons. The quantitative estimate of drug-likeness (QED) is 0.492. The summed E-state index contributed by atoms with van der Waals surface area (Å²) in [6, 6.07) is 0. The van der Waals surface area contributed by atoms with Crippen LogP contribution in [0.2, 0.25) is 0 Å². The summed E-state index contributed by atoms with van der Waals surface area (Å²) < 4.78 is 0. The molecule has 0 spiro atoms. The maximum atomic E-state index is 11.7. The standard InChI is InChI=1S/C17H27NO3/c1-12(7-10-16(20)18(3)21-4)13-8-9-14-15(19)6-5-11-17(13,14)2/h7,10,13-15,19H,1,5-6,8-9,11H2,2-4H3/b10-7+/t13-,14+,15+,17-/m1/s1. The van der Waals surface area contributed by atoms with Crippen LogP contribution in [0.1, 0.15) is 39.0 Å². The molecule has 2 aliphatic rings. The molecule has 2 aliphatic carbocycles. The van der Waals surface area contributed by atoms with E-state index in [-0.39, 0.29) is 17.4 Å². The molecule has 2 rings (SSSR count). The van der Waals surface area contributed by atoms with Gasteiger partial charge in [-0.05, 0) is 42.9 Å². The van der Waals surface area contributed by atoms with Gasteiger partial charge in [0.25, 0.3) is 5.91 Å². The lowest BCUT2D eigenvalue weighted by molar-refractivity contribution is -0.162. The molecule has 1 amide bonds. The highest BCUT2D eigenvalue weighted by Crippen LogP contribution is 2.57. The predicted molar refractivity (Wildman–Crippen MR) is 82.2 cm³/mol. The van der Waals surface area contributed by atoms with Gasteiger partial charge in [-0.2, -0.15) is 0 Å². The van der Waals surface area contributed by atoms with Crippen molar-refractivity contribution in [3.8, 4) is 0 Å². The van der Waals surface area contributed by atoms with Gasteiger partial charge in [0.2, 0.25) is 0 Å². The SMILES string of the molecule is C=C(/C=C/C(=O)N(C)OC)[C@H]1CC[C@H]2[C@@H](O)CCC[C@]12C. The first-order valence-electron chi connectivity index (χ1n) is 7.77. The van der Waals surface area contributed by atoms with Gasteiger partial charge in [-0.3, -0.25) is 9.63 Å². The number of likely N-dealkylation sites (N-methyl/N-ethyl adjacent to an activating group) is 1. The molecular formula is C17H27NO3. The van der Waals surface area contributed by atoms with Crippen LogP contribution in [0.3, 0.4) is 0 Å². The minimum absolute atomic E-state index is 0.120. The third-order valence-electron chi connectivity index (χ3n) is 5.56. The van der Waals surface area contributed by atoms with Crippen molar-refractivity contribution in [3.05, 3.63) is 24.3 Å². The van der Waals surface area contributed by atoms with Crippen LogP contribution >= 0.6 is 0 Å². The topological polar surface area (TPSA) is 49.8 Å². The number of aliphatic hydroxyl groups is 1. The van der Waals surface area contributed by atoms with Crippen molar-refractivity contribution in [1.82, 2.24) is 5.06 Å². The van der Waals surface area contributed by atoms with Gasteiger partial charge in [0.15, 0.2) is 0 Å². The second-order valence-electron chi connectivity index (χ2n) is 6.63. The Morgan fingerprint density at radius 2 is 2.10 bits per heavy atom. The van der Waals surface area contributed by atoms with E-state index in [9.17, 15) is 9.90 Å². The molecule has 21 heavy (non-hydrogen) atoms. The van der Waals surface area contributed by atoms with Gasteiger partial charge in [-0.1, -0.05) is 31.6 Å². The van der Waals surface area contributed by atoms with E-state index in [0.29, 0.717) is 11.8 Å². The van der Waals surface area contributed by atoms with E-state index < -0.39 is 0 Å². The minimum atomic E-state index is -0.193. The van der Waals surface area contributed by atoms with Crippen LogP contribution in [-0.4, -0.2) is 36.3 Å². The largest absolute Gasteiger partial charge is 0.393 e. The lowest BCUT2D eigenvalue weighted by Crippen LogP contribution is -2.40. The summed E-state index contributed by atoms with van der Waals surface area (Å²) >= 11 is 0. The minimum Gasteiger partial charge on any atom is -0.393 e. The summed E-state index contributed by atoms with van der Waals surface area (Å²) in [4.78, 5) is 16.6. The maximum absolute atomic E-state index is 11.7. The van der Waals surface area contributed by atoms with Crippen LogP contribution in [0.15, 0.2) is 24.3 Å². The van der Waals surface area contributed by atoms with Gasteiger partial charge in [0, 0.05) is 13.1 Å². The van der Waals surface area contributed by atoms with E-state index in [0.717, 1.165) is 37.7 Å². The van der Waals surface area contributed by atoms with Crippen molar-refractivity contribution < 1.29 is 14.7 Å². The van der Waals surface area contributed by atoms with Crippen LogP contribution in [0.25, 0.3) is 0 Å². The Kier molecular flexibility index (Phi) is 4.89. The molecule has 2 fully saturated rings. The van der Waals surface area contributed by atoms with E-state index in [1.54, 1.807) is 7.05 Å². The molecule has 4 atom stereocenters. The zero-order chi connectivity index (χ0) is 15.6. The molecular weight excluding hydrogens is 266 g/mol. The summed E-state index contributed by atoms with van der Waals surface area (Å²) in [5, 5.41) is 11.4. The van der Waals surface area contributed by atoms with E-state index >= 15 is 0 Å². The fourth-order valence-corrected chi connectivity index (χ4v) is 4.25. The zero-order valence-electron chi connectivity index (χ0n) is 13.3. The van der Waals surface area contributed by atoms with Crippen molar-refractivity contribution in [2.24, 2.45) is 17.3 Å². The first kappa shape index (κ1) is 16.2. The third-order valence-corrected chi connectivity index (χ3v) is 5.56. The van der Waals surface area contributed by atoms with Crippen molar-refractivity contribution >= 4 is 5.91 Å². The van der Waals surface area contributed by atoms with E-state index in [4.69, 9.17) is 4.84 Å². The number of nitrogens with zero attached hydrogens (tertiary/aromatic N) is 1. The highest BCUT2D eigenvalue weighted by atomic mass is 16.7. The van der Waals surface area contributed by atoms with Crippen LogP contribution in [0, 0.1) is 17.3 Å². The van der Waals surface area contributed by atoms with Gasteiger partial charge in [-0.15, -0.1) is 0 Å². The maximum Gasteiger partial charge on any atom is 0.269 e. The Labute approximate surface area is 127 Å². The molecule has 4 heteroatoms. The molecule has 0 aromatic heterocycles. The molecule has 0 bridgehead atoms. The highest BCUT2D eigenvalue weighted by molar-refractivity contribution is 5.87. The monoisotopic (exact) mass is 293 g/mol. The van der Waals surface area contributed by atoms with Gasteiger partial charge < -0.3 is 5.11 Å². The lowest BCUT2D eigenvalue weighted by atomic mass is 9.63. The third kappa shape index (κ3) is 3.06. The van der Waals surface area contributed by atoms with Gasteiger partial charge >= 0.3 is 0 Å². The number of allylic oxidation sites excluding steroid dienone is 2. The van der Waals surface area contributed by atoms with Gasteiger partial charge in [0.1, 0.15) is 0 Å². The number of carbonyl (C=O) groups is 1. The highest BCUT2D eigenvalue weighted by Gasteiger charge is 2.51. The molecule has 0 aromatic carbocycles. The predicted octanol–water partition coefficient (Wildman–Crippen LogP) is 2.70. The number of rotatable bonds is 4. The zero-order valence-corrected chi connectivity index (χ0v) is 13.3. The van der Waals surface area contributed by atoms with Crippen LogP contribution in [0.5, 0.6) is 0 Å². The van der Waals surface area contributed by atoms with Crippen molar-refractivity contribution in [2.75, 3.05) is 14.2 Å². The molecule has 4 nitrogen and oxygen atoms in total. The number of hydrogen-bond donors (Lipinski definition) is 1. The van der Waals surface area contributed by atoms with Crippen LogP contribution in [-0.2, 0) is 9.63 Å². The Morgan fingerprint density at radius 3 is 2.76 bits per heavy atom. The molecule has 0 radical (unpaired) electrons. The second-order valence-corrected chi connectivity index (χ2v) is 6.63. The summed E-state index contributed by atoms with van der Waals surface area (Å²) in [5.41, 5.74) is 1.11. The van der Waals surface area contributed by atoms with E-state index in [1.165, 1.54) is 18.2 Å². The molecule has 2 saturated carbocycles. The molecule has 0 aliphatic heterocycles. The molecule has 0 saturated heterocycles. The van der Waals surface area contributed by atoms with Gasteiger partial charge in [0.05, 0.1) is 13.2 Å². The summed E-state index contributed by atoms with van der Waals surface area (Å²) in [7, 11) is 3.05. The first-order valence-corrected chi connectivity index (χ1v) is 7.77. The van der Waals surface area contributed by atoms with Crippen LogP contribution in [0.4, 0.5) is 0 Å². The van der Waals surface area contributed by atoms with Crippen molar-refractivity contribution in [3.63, 3.8) is 0 Å². The van der Waals surface area contributed by atoms with E-state index in [2.05, 4.69) is 13.5 Å². The summed E-state index contributed by atoms with van der Waals surface area (Å²) in [5.74, 6) is 0.537. The average Bonchev–Trinajstić information content (AvgIpc) is 2.82. The molecule has 1 N–H and O–H groups in total. The van der Waals surface area contributed by atoms with Crippen LogP contribution < -0.4 is 0 Å². The first-order chi connectivity index (χ1) is 9.90. The fourth-order valence-electron chi connectivity index (χ4n) is 4.25. The smallest absolute Gasteiger partial charge is 0.269 e. The number of carbonyl (C=O) groups excluding carboxylic acids is 1. The Bertz CT molecular complexity index is 445. The Hall–Kier alpha value is -1.13. The second kappa shape index (κ2) is 6.32. The fraction of sp³-hybridized carbons (Fsp3) is 0.706. The molecule has 0 aromatic rings. The van der Waals surface area contributed by atoms with Crippen molar-refractivity contribution in [1.29, 1.82) is 0 Å². The number of fused-ring (bicyclic) bond motifs is 1. The lowest BCUT2D eigenvalue weighted by Gasteiger charge is -2.43. The van der Waals surface area contributed by atoms with Crippen molar-refractivity contribution in [2.45, 2.75) is 45.1 Å².